The SMILES string of the molecule is CCCCNC(=NCC(=O)N(C)CCc1ccccn1)NCC.I. The van der Waals surface area contributed by atoms with Gasteiger partial charge in [-0.05, 0) is 25.5 Å². The average molecular weight is 447 g/mol. The van der Waals surface area contributed by atoms with Crippen molar-refractivity contribution in [1.29, 1.82) is 0 Å². The molecule has 0 aliphatic carbocycles. The second-order valence-electron chi connectivity index (χ2n) is 5.36. The van der Waals surface area contributed by atoms with Gasteiger partial charge in [0, 0.05) is 45.0 Å². The highest BCUT2D eigenvalue weighted by atomic mass is 127. The fourth-order valence-corrected chi connectivity index (χ4v) is 1.95. The summed E-state index contributed by atoms with van der Waals surface area (Å²) < 4.78 is 0. The topological polar surface area (TPSA) is 69.6 Å². The molecule has 0 aliphatic heterocycles. The molecule has 1 amide bonds. The summed E-state index contributed by atoms with van der Waals surface area (Å²) in [5.74, 6) is 0.709. The second kappa shape index (κ2) is 14.0. The van der Waals surface area contributed by atoms with Gasteiger partial charge in [-0.25, -0.2) is 4.99 Å². The first kappa shape index (κ1) is 22.6. The fourth-order valence-electron chi connectivity index (χ4n) is 1.95. The zero-order chi connectivity index (χ0) is 16.9. The van der Waals surface area contributed by atoms with E-state index < -0.39 is 0 Å². The van der Waals surface area contributed by atoms with Crippen LogP contribution in [0.4, 0.5) is 0 Å². The summed E-state index contributed by atoms with van der Waals surface area (Å²) in [5, 5.41) is 6.38. The van der Waals surface area contributed by atoms with Crippen LogP contribution in [0.25, 0.3) is 0 Å². The van der Waals surface area contributed by atoms with Gasteiger partial charge in [-0.2, -0.15) is 0 Å². The molecule has 1 rings (SSSR count). The van der Waals surface area contributed by atoms with E-state index in [1.54, 1.807) is 18.1 Å². The van der Waals surface area contributed by atoms with Gasteiger partial charge in [-0.15, -0.1) is 24.0 Å². The normalized spacial score (nSPS) is 10.7. The van der Waals surface area contributed by atoms with Crippen LogP contribution < -0.4 is 10.6 Å². The van der Waals surface area contributed by atoms with Crippen LogP contribution in [0.3, 0.4) is 0 Å². The van der Waals surface area contributed by atoms with E-state index in [0.29, 0.717) is 12.5 Å². The Morgan fingerprint density at radius 3 is 2.71 bits per heavy atom. The third-order valence-corrected chi connectivity index (χ3v) is 3.39. The van der Waals surface area contributed by atoms with Crippen LogP contribution in [0.2, 0.25) is 0 Å². The largest absolute Gasteiger partial charge is 0.357 e. The van der Waals surface area contributed by atoms with Gasteiger partial charge >= 0.3 is 0 Å². The van der Waals surface area contributed by atoms with Crippen molar-refractivity contribution in [2.75, 3.05) is 33.2 Å². The summed E-state index contributed by atoms with van der Waals surface area (Å²) in [6.07, 6.45) is 4.73. The van der Waals surface area contributed by atoms with E-state index in [9.17, 15) is 4.79 Å². The number of guanidine groups is 1. The predicted octanol–water partition coefficient (Wildman–Crippen LogP) is 2.06. The Labute approximate surface area is 162 Å². The van der Waals surface area contributed by atoms with Gasteiger partial charge in [0.05, 0.1) is 0 Å². The number of hydrogen-bond donors (Lipinski definition) is 2. The first-order valence-electron chi connectivity index (χ1n) is 8.33. The molecule has 0 unspecified atom stereocenters. The summed E-state index contributed by atoms with van der Waals surface area (Å²) in [4.78, 5) is 22.5. The number of amides is 1. The first-order valence-corrected chi connectivity index (χ1v) is 8.33. The van der Waals surface area contributed by atoms with Gasteiger partial charge in [0.25, 0.3) is 0 Å². The Morgan fingerprint density at radius 2 is 2.08 bits per heavy atom. The van der Waals surface area contributed by atoms with Crippen molar-refractivity contribution in [3.05, 3.63) is 30.1 Å². The fraction of sp³-hybridized carbons (Fsp3) is 0.588. The predicted molar refractivity (Wildman–Crippen MR) is 110 cm³/mol. The lowest BCUT2D eigenvalue weighted by Gasteiger charge is -2.16. The highest BCUT2D eigenvalue weighted by Gasteiger charge is 2.09. The molecule has 0 atom stereocenters. The minimum Gasteiger partial charge on any atom is -0.357 e. The number of nitrogens with zero attached hydrogens (tertiary/aromatic N) is 3. The van der Waals surface area contributed by atoms with Gasteiger partial charge in [-0.3, -0.25) is 9.78 Å². The lowest BCUT2D eigenvalue weighted by molar-refractivity contribution is -0.128. The van der Waals surface area contributed by atoms with E-state index in [-0.39, 0.29) is 36.4 Å². The van der Waals surface area contributed by atoms with Crippen LogP contribution in [0, 0.1) is 0 Å². The molecule has 136 valence electrons. The molecule has 0 aromatic carbocycles. The molecule has 0 saturated heterocycles. The summed E-state index contributed by atoms with van der Waals surface area (Å²) in [7, 11) is 1.80. The average Bonchev–Trinajstić information content (AvgIpc) is 2.58. The molecule has 0 radical (unpaired) electrons. The van der Waals surface area contributed by atoms with Crippen LogP contribution in [0.1, 0.15) is 32.4 Å². The quantitative estimate of drug-likeness (QED) is 0.263. The van der Waals surface area contributed by atoms with Gasteiger partial charge in [0.15, 0.2) is 5.96 Å². The number of carbonyl (C=O) groups excluding carboxylic acids is 1. The standard InChI is InChI=1S/C17H29N5O.HI/c1-4-6-11-20-17(18-5-2)21-14-16(23)22(3)13-10-15-9-7-8-12-19-15;/h7-9,12H,4-6,10-11,13-14H2,1-3H3,(H2,18,20,21);1H. The van der Waals surface area contributed by atoms with E-state index in [1.165, 1.54) is 0 Å². The summed E-state index contributed by atoms with van der Waals surface area (Å²) in [6, 6.07) is 5.82. The van der Waals surface area contributed by atoms with Crippen LogP contribution in [0.15, 0.2) is 29.4 Å². The molecule has 0 bridgehead atoms. The number of pyridine rings is 1. The van der Waals surface area contributed by atoms with E-state index in [2.05, 4.69) is 27.5 Å². The molecular formula is C17H30IN5O. The van der Waals surface area contributed by atoms with Gasteiger partial charge < -0.3 is 15.5 Å². The van der Waals surface area contributed by atoms with Crippen LogP contribution in [-0.4, -0.2) is 55.0 Å². The highest BCUT2D eigenvalue weighted by Crippen LogP contribution is 1.97. The maximum atomic E-state index is 12.1. The molecule has 24 heavy (non-hydrogen) atoms. The third kappa shape index (κ3) is 9.69. The number of nitrogens with one attached hydrogen (secondary N) is 2. The Morgan fingerprint density at radius 1 is 1.29 bits per heavy atom. The molecule has 2 N–H and O–H groups in total. The molecule has 0 fully saturated rings. The van der Waals surface area contributed by atoms with Gasteiger partial charge in [0.2, 0.25) is 5.91 Å². The molecule has 1 aromatic heterocycles. The Balaban J connectivity index is 0.00000529. The van der Waals surface area contributed by atoms with Gasteiger partial charge in [0.1, 0.15) is 6.54 Å². The van der Waals surface area contributed by atoms with Crippen LogP contribution in [0.5, 0.6) is 0 Å². The molecule has 0 aliphatic rings. The van der Waals surface area contributed by atoms with Crippen molar-refractivity contribution in [3.63, 3.8) is 0 Å². The Hall–Kier alpha value is -1.38. The lowest BCUT2D eigenvalue weighted by Crippen LogP contribution is -2.39. The number of likely N-dealkylation sites (N-methyl/N-ethyl adjacent to an activating group) is 1. The first-order chi connectivity index (χ1) is 11.2. The van der Waals surface area contributed by atoms with E-state index in [0.717, 1.165) is 38.0 Å². The summed E-state index contributed by atoms with van der Waals surface area (Å²) >= 11 is 0. The van der Waals surface area contributed by atoms with Crippen molar-refractivity contribution in [1.82, 2.24) is 20.5 Å². The number of rotatable bonds is 9. The number of halogens is 1. The molecule has 0 saturated carbocycles. The molecule has 0 spiro atoms. The summed E-state index contributed by atoms with van der Waals surface area (Å²) in [5.41, 5.74) is 0.991. The molecular weight excluding hydrogens is 417 g/mol. The number of aromatic nitrogens is 1. The van der Waals surface area contributed by atoms with Gasteiger partial charge in [-0.1, -0.05) is 19.4 Å². The highest BCUT2D eigenvalue weighted by molar-refractivity contribution is 14.0. The Bertz CT molecular complexity index is 481. The number of hydrogen-bond acceptors (Lipinski definition) is 3. The maximum Gasteiger partial charge on any atom is 0.244 e. The number of aliphatic imine (C=N–C) groups is 1. The zero-order valence-corrected chi connectivity index (χ0v) is 17.2. The monoisotopic (exact) mass is 447 g/mol. The van der Waals surface area contributed by atoms with Crippen LogP contribution in [-0.2, 0) is 11.2 Å². The van der Waals surface area contributed by atoms with Crippen LogP contribution >= 0.6 is 24.0 Å². The van der Waals surface area contributed by atoms with E-state index in [4.69, 9.17) is 0 Å². The van der Waals surface area contributed by atoms with Crippen molar-refractivity contribution in [2.24, 2.45) is 4.99 Å². The van der Waals surface area contributed by atoms with Crippen molar-refractivity contribution < 1.29 is 4.79 Å². The van der Waals surface area contributed by atoms with E-state index in [1.807, 2.05) is 25.1 Å². The Kier molecular flexibility index (Phi) is 13.2. The molecule has 1 heterocycles. The zero-order valence-electron chi connectivity index (χ0n) is 14.9. The lowest BCUT2D eigenvalue weighted by atomic mass is 10.2. The second-order valence-corrected chi connectivity index (χ2v) is 5.36. The van der Waals surface area contributed by atoms with E-state index >= 15 is 0 Å². The number of unbranched alkanes of at least 4 members (excludes halogenated alkanes) is 1. The minimum absolute atomic E-state index is 0. The smallest absolute Gasteiger partial charge is 0.244 e. The minimum atomic E-state index is 0. The molecule has 6 nitrogen and oxygen atoms in total. The van der Waals surface area contributed by atoms with Crippen molar-refractivity contribution in [3.8, 4) is 0 Å². The summed E-state index contributed by atoms with van der Waals surface area (Å²) in [6.45, 7) is 6.60. The van der Waals surface area contributed by atoms with Crippen molar-refractivity contribution >= 4 is 35.8 Å². The van der Waals surface area contributed by atoms with Crippen molar-refractivity contribution in [2.45, 2.75) is 33.1 Å². The number of carbonyl (C=O) groups is 1. The molecule has 7 heteroatoms. The third-order valence-electron chi connectivity index (χ3n) is 3.39. The maximum absolute atomic E-state index is 12.1. The molecule has 1 aromatic rings.